The molecule has 0 spiro atoms. The maximum atomic E-state index is 10.2. The molecule has 0 fully saturated rings. The Kier molecular flexibility index (Phi) is 5.09. The van der Waals surface area contributed by atoms with Crippen molar-refractivity contribution < 1.29 is 9.84 Å². The van der Waals surface area contributed by atoms with Crippen molar-refractivity contribution in [3.63, 3.8) is 0 Å². The number of hydrogen-bond donors (Lipinski definition) is 2. The molecule has 0 aliphatic carbocycles. The zero-order valence-corrected chi connectivity index (χ0v) is 11.8. The van der Waals surface area contributed by atoms with Crippen molar-refractivity contribution in [2.45, 2.75) is 19.1 Å². The molecule has 4 nitrogen and oxygen atoms in total. The van der Waals surface area contributed by atoms with Crippen molar-refractivity contribution in [1.29, 1.82) is 0 Å². The number of aliphatic hydroxyl groups excluding tert-OH is 1. The first-order chi connectivity index (χ1) is 9.70. The summed E-state index contributed by atoms with van der Waals surface area (Å²) in [4.78, 5) is 4.00. The van der Waals surface area contributed by atoms with E-state index in [-0.39, 0.29) is 6.04 Å². The van der Waals surface area contributed by atoms with Crippen molar-refractivity contribution in [3.8, 4) is 5.75 Å². The SMILES string of the molecule is COc1cccc(C(O)CN[C@@H](C)c2ccncc2)c1. The Bertz CT molecular complexity index is 531. The molecule has 0 aliphatic rings. The Morgan fingerprint density at radius 2 is 1.95 bits per heavy atom. The van der Waals surface area contributed by atoms with Crippen molar-refractivity contribution in [1.82, 2.24) is 10.3 Å². The second kappa shape index (κ2) is 7.03. The predicted octanol–water partition coefficient (Wildman–Crippen LogP) is 2.47. The molecule has 1 heterocycles. The molecule has 2 rings (SSSR count). The molecular formula is C16H20N2O2. The lowest BCUT2D eigenvalue weighted by Gasteiger charge is -2.18. The molecule has 4 heteroatoms. The summed E-state index contributed by atoms with van der Waals surface area (Å²) in [7, 11) is 1.62. The topological polar surface area (TPSA) is 54.4 Å². The van der Waals surface area contributed by atoms with Crippen molar-refractivity contribution in [3.05, 3.63) is 59.9 Å². The van der Waals surface area contributed by atoms with Gasteiger partial charge < -0.3 is 15.2 Å². The maximum absolute atomic E-state index is 10.2. The zero-order valence-electron chi connectivity index (χ0n) is 11.8. The second-order valence-corrected chi connectivity index (χ2v) is 4.70. The van der Waals surface area contributed by atoms with Crippen LogP contribution in [0, 0.1) is 0 Å². The van der Waals surface area contributed by atoms with Crippen LogP contribution in [-0.2, 0) is 0 Å². The monoisotopic (exact) mass is 272 g/mol. The molecule has 2 atom stereocenters. The predicted molar refractivity (Wildman–Crippen MR) is 78.6 cm³/mol. The molecular weight excluding hydrogens is 252 g/mol. The molecule has 0 aliphatic heterocycles. The number of aromatic nitrogens is 1. The number of aliphatic hydroxyl groups is 1. The lowest BCUT2D eigenvalue weighted by molar-refractivity contribution is 0.170. The van der Waals surface area contributed by atoms with Gasteiger partial charge in [0.15, 0.2) is 0 Å². The fourth-order valence-electron chi connectivity index (χ4n) is 2.03. The van der Waals surface area contributed by atoms with Gasteiger partial charge in [-0.2, -0.15) is 0 Å². The number of nitrogens with one attached hydrogen (secondary N) is 1. The smallest absolute Gasteiger partial charge is 0.119 e. The van der Waals surface area contributed by atoms with E-state index in [1.54, 1.807) is 19.5 Å². The number of pyridine rings is 1. The third kappa shape index (κ3) is 3.79. The van der Waals surface area contributed by atoms with Crippen LogP contribution in [-0.4, -0.2) is 23.7 Å². The summed E-state index contributed by atoms with van der Waals surface area (Å²) in [5.74, 6) is 0.753. The first-order valence-electron chi connectivity index (χ1n) is 6.66. The number of ether oxygens (including phenoxy) is 1. The van der Waals surface area contributed by atoms with Crippen molar-refractivity contribution >= 4 is 0 Å². The third-order valence-corrected chi connectivity index (χ3v) is 3.30. The summed E-state index contributed by atoms with van der Waals surface area (Å²) < 4.78 is 5.16. The maximum Gasteiger partial charge on any atom is 0.119 e. The Hall–Kier alpha value is -1.91. The zero-order chi connectivity index (χ0) is 14.4. The molecule has 0 radical (unpaired) electrons. The van der Waals surface area contributed by atoms with E-state index in [4.69, 9.17) is 4.74 Å². The van der Waals surface area contributed by atoms with Gasteiger partial charge in [0, 0.05) is 25.0 Å². The molecule has 2 aromatic rings. The van der Waals surface area contributed by atoms with E-state index in [0.29, 0.717) is 6.54 Å². The second-order valence-electron chi connectivity index (χ2n) is 4.70. The van der Waals surface area contributed by atoms with Gasteiger partial charge in [-0.3, -0.25) is 4.98 Å². The number of hydrogen-bond acceptors (Lipinski definition) is 4. The number of rotatable bonds is 6. The molecule has 106 valence electrons. The van der Waals surface area contributed by atoms with Gasteiger partial charge in [-0.1, -0.05) is 12.1 Å². The number of nitrogens with zero attached hydrogens (tertiary/aromatic N) is 1. The van der Waals surface area contributed by atoms with Gasteiger partial charge in [0.25, 0.3) is 0 Å². The van der Waals surface area contributed by atoms with Gasteiger partial charge in [-0.05, 0) is 42.3 Å². The summed E-state index contributed by atoms with van der Waals surface area (Å²) in [6, 6.07) is 11.6. The highest BCUT2D eigenvalue weighted by Gasteiger charge is 2.11. The minimum atomic E-state index is -0.561. The van der Waals surface area contributed by atoms with Gasteiger partial charge in [-0.25, -0.2) is 0 Å². The van der Waals surface area contributed by atoms with Crippen LogP contribution >= 0.6 is 0 Å². The van der Waals surface area contributed by atoms with Crippen LogP contribution in [0.3, 0.4) is 0 Å². The minimum Gasteiger partial charge on any atom is -0.497 e. The molecule has 2 N–H and O–H groups in total. The highest BCUT2D eigenvalue weighted by molar-refractivity contribution is 5.30. The summed E-state index contributed by atoms with van der Waals surface area (Å²) in [6.07, 6.45) is 2.98. The normalized spacial score (nSPS) is 13.8. The van der Waals surface area contributed by atoms with E-state index in [1.807, 2.05) is 36.4 Å². The molecule has 0 bridgehead atoms. The Labute approximate surface area is 119 Å². The molecule has 0 saturated carbocycles. The van der Waals surface area contributed by atoms with E-state index >= 15 is 0 Å². The summed E-state index contributed by atoms with van der Waals surface area (Å²) >= 11 is 0. The molecule has 20 heavy (non-hydrogen) atoms. The standard InChI is InChI=1S/C16H20N2O2/c1-12(13-6-8-17-9-7-13)18-11-16(19)14-4-3-5-15(10-14)20-2/h3-10,12,16,18-19H,11H2,1-2H3/t12-,16?/m0/s1. The van der Waals surface area contributed by atoms with E-state index < -0.39 is 6.10 Å². The fourth-order valence-corrected chi connectivity index (χ4v) is 2.03. The van der Waals surface area contributed by atoms with Crippen LogP contribution in [0.4, 0.5) is 0 Å². The van der Waals surface area contributed by atoms with Gasteiger partial charge in [0.1, 0.15) is 5.75 Å². The van der Waals surface area contributed by atoms with Crippen LogP contribution in [0.25, 0.3) is 0 Å². The Morgan fingerprint density at radius 1 is 1.20 bits per heavy atom. The van der Waals surface area contributed by atoms with Gasteiger partial charge in [-0.15, -0.1) is 0 Å². The van der Waals surface area contributed by atoms with Crippen LogP contribution in [0.2, 0.25) is 0 Å². The molecule has 1 aromatic carbocycles. The van der Waals surface area contributed by atoms with Crippen LogP contribution in [0.15, 0.2) is 48.8 Å². The first kappa shape index (κ1) is 14.5. The minimum absolute atomic E-state index is 0.165. The highest BCUT2D eigenvalue weighted by atomic mass is 16.5. The van der Waals surface area contributed by atoms with Crippen molar-refractivity contribution in [2.24, 2.45) is 0 Å². The Balaban J connectivity index is 1.93. The average molecular weight is 272 g/mol. The molecule has 0 amide bonds. The van der Waals surface area contributed by atoms with Gasteiger partial charge in [0.05, 0.1) is 13.2 Å². The quantitative estimate of drug-likeness (QED) is 0.848. The largest absolute Gasteiger partial charge is 0.497 e. The Morgan fingerprint density at radius 3 is 2.65 bits per heavy atom. The number of methoxy groups -OCH3 is 1. The van der Waals surface area contributed by atoms with Gasteiger partial charge in [0.2, 0.25) is 0 Å². The molecule has 0 saturated heterocycles. The van der Waals surface area contributed by atoms with Gasteiger partial charge >= 0.3 is 0 Å². The number of benzene rings is 1. The van der Waals surface area contributed by atoms with Crippen molar-refractivity contribution in [2.75, 3.05) is 13.7 Å². The van der Waals surface area contributed by atoms with E-state index in [0.717, 1.165) is 16.9 Å². The molecule has 1 aromatic heterocycles. The molecule has 1 unspecified atom stereocenters. The average Bonchev–Trinajstić information content (AvgIpc) is 2.53. The fraction of sp³-hybridized carbons (Fsp3) is 0.312. The first-order valence-corrected chi connectivity index (χ1v) is 6.66. The van der Waals surface area contributed by atoms with Crippen LogP contribution in [0.5, 0.6) is 5.75 Å². The van der Waals surface area contributed by atoms with Crippen LogP contribution < -0.4 is 10.1 Å². The summed E-state index contributed by atoms with van der Waals surface area (Å²) in [5.41, 5.74) is 2.00. The van der Waals surface area contributed by atoms with Crippen LogP contribution in [0.1, 0.15) is 30.2 Å². The summed E-state index contributed by atoms with van der Waals surface area (Å²) in [6.45, 7) is 2.55. The van der Waals surface area contributed by atoms with E-state index in [2.05, 4.69) is 17.2 Å². The third-order valence-electron chi connectivity index (χ3n) is 3.30. The van der Waals surface area contributed by atoms with E-state index in [1.165, 1.54) is 0 Å². The summed E-state index contributed by atoms with van der Waals surface area (Å²) in [5, 5.41) is 13.5. The van der Waals surface area contributed by atoms with E-state index in [9.17, 15) is 5.11 Å². The lowest BCUT2D eigenvalue weighted by atomic mass is 10.1. The lowest BCUT2D eigenvalue weighted by Crippen LogP contribution is -2.24. The highest BCUT2D eigenvalue weighted by Crippen LogP contribution is 2.19.